The number of thiol groups is 1. The minimum atomic E-state index is -1.74. The number of hydrogen-bond acceptors (Lipinski definition) is 13. The Kier molecular flexibility index (Phi) is 16.0. The lowest BCUT2D eigenvalue weighted by Crippen LogP contribution is -2.62. The molecule has 0 saturated carbocycles. The zero-order valence-corrected chi connectivity index (χ0v) is 35.7. The van der Waals surface area contributed by atoms with Gasteiger partial charge in [-0.25, -0.2) is 0 Å². The average Bonchev–Trinajstić information content (AvgIpc) is 3.80. The first-order valence-electron chi connectivity index (χ1n) is 20.4. The second-order valence-corrected chi connectivity index (χ2v) is 17.1. The van der Waals surface area contributed by atoms with E-state index in [1.54, 1.807) is 13.8 Å². The van der Waals surface area contributed by atoms with Crippen molar-refractivity contribution in [1.29, 1.82) is 0 Å². The molecule has 9 amide bonds. The molecule has 344 valence electrons. The summed E-state index contributed by atoms with van der Waals surface area (Å²) in [5.41, 5.74) is 6.23. The summed E-state index contributed by atoms with van der Waals surface area (Å²) in [6.07, 6.45) is -3.99. The minimum absolute atomic E-state index is 0.140. The fourth-order valence-electron chi connectivity index (χ4n) is 7.62. The summed E-state index contributed by atoms with van der Waals surface area (Å²) in [6.45, 7) is 2.10. The molecule has 24 heteroatoms. The van der Waals surface area contributed by atoms with Gasteiger partial charge in [0.1, 0.15) is 41.7 Å². The highest BCUT2D eigenvalue weighted by molar-refractivity contribution is 7.78. The number of rotatable bonds is 7. The number of hydrogen-bond donors (Lipinski definition) is 13. The lowest BCUT2D eigenvalue weighted by atomic mass is 9.93. The number of aromatic nitrogens is 1. The van der Waals surface area contributed by atoms with Crippen LogP contribution >= 0.6 is 0 Å². The van der Waals surface area contributed by atoms with Crippen molar-refractivity contribution in [1.82, 2.24) is 47.1 Å². The van der Waals surface area contributed by atoms with E-state index >= 15 is 0 Å². The summed E-state index contributed by atoms with van der Waals surface area (Å²) in [7, 11) is 0. The number of nitrogens with zero attached hydrogens (tertiary/aromatic N) is 1. The SMILES string of the molecule is CC[C@H](C)[C@@H]1NC(=O)CNC(=O)C2Cc3c([nH]c4cc(O)ccc34)[SH+]CC(NC(=O)CNC1=O)C(=O)N[C@@H](CC(N)=O)C(=O)N1C[C@H](O)C[C@H]1C(=O)N[C@@H]([C@@H](C)[C@@H](O)CO)C(=O)N2. The topological polar surface area (TPSA) is 364 Å². The Morgan fingerprint density at radius 3 is 2.22 bits per heavy atom. The maximum Gasteiger partial charge on any atom is 0.248 e. The number of aromatic amines is 1. The molecule has 10 atom stereocenters. The Morgan fingerprint density at radius 1 is 0.873 bits per heavy atom. The summed E-state index contributed by atoms with van der Waals surface area (Å²) in [4.78, 5) is 128. The molecule has 1 fully saturated rings. The second kappa shape index (κ2) is 20.9. The van der Waals surface area contributed by atoms with E-state index in [2.05, 4.69) is 42.2 Å². The molecule has 23 nitrogen and oxygen atoms in total. The highest BCUT2D eigenvalue weighted by Crippen LogP contribution is 2.29. The number of carbonyl (C=O) groups excluding carboxylic acids is 9. The fraction of sp³-hybridized carbons (Fsp3) is 0.564. The van der Waals surface area contributed by atoms with Crippen molar-refractivity contribution in [2.45, 2.75) is 99.9 Å². The summed E-state index contributed by atoms with van der Waals surface area (Å²) < 4.78 is 0. The van der Waals surface area contributed by atoms with Gasteiger partial charge < -0.3 is 73.3 Å². The van der Waals surface area contributed by atoms with E-state index in [1.807, 2.05) is 0 Å². The first-order valence-corrected chi connectivity index (χ1v) is 21.5. The number of carbonyl (C=O) groups is 9. The number of aromatic hydroxyl groups is 1. The number of phenols is 1. The van der Waals surface area contributed by atoms with E-state index in [9.17, 15) is 63.6 Å². The fourth-order valence-corrected chi connectivity index (χ4v) is 8.84. The summed E-state index contributed by atoms with van der Waals surface area (Å²) in [5.74, 6) is -10.6. The number of aliphatic hydroxyl groups excluding tert-OH is 3. The lowest BCUT2D eigenvalue weighted by Gasteiger charge is -2.32. The molecule has 1 aromatic heterocycles. The highest BCUT2D eigenvalue weighted by Gasteiger charge is 2.45. The third kappa shape index (κ3) is 11.7. The van der Waals surface area contributed by atoms with E-state index in [0.29, 0.717) is 27.9 Å². The minimum Gasteiger partial charge on any atom is -0.508 e. The lowest BCUT2D eigenvalue weighted by molar-refractivity contribution is -0.144. The number of aliphatic hydroxyl groups is 3. The standard InChI is InChI=1S/C39H54N10O13S/c1-4-16(2)31-36(60)42-11-29(55)43-25-15-63-38-21(20-6-5-18(51)7-22(20)46-38)9-23(33(57)41-12-30(56)47-31)44-37(61)32(17(3)27(53)14-50)48-35(59)26-8-19(52)13-49(26)39(62)24(10-28(40)54)45-34(25)58/h5-7,16-17,19,23-27,31-32,46,50-53H,4,8-15H2,1-3H3,(H2,40,54)(H,41,57)(H,42,60)(H,43,55)(H,44,61)(H,45,58)(H,47,56)(H,48,59)/p+1/t16-,17-,19+,23?,24-,25?,26-,27-,31-,32-/m0/s1. The van der Waals surface area contributed by atoms with Crippen LogP contribution in [0.4, 0.5) is 0 Å². The predicted molar refractivity (Wildman–Crippen MR) is 223 cm³/mol. The number of nitrogens with one attached hydrogen (secondary N) is 8. The van der Waals surface area contributed by atoms with Gasteiger partial charge in [-0.15, -0.1) is 0 Å². The molecule has 2 bridgehead atoms. The van der Waals surface area contributed by atoms with Gasteiger partial charge in [-0.2, -0.15) is 0 Å². The van der Waals surface area contributed by atoms with Crippen LogP contribution in [0.25, 0.3) is 10.9 Å². The van der Waals surface area contributed by atoms with Gasteiger partial charge in [0, 0.05) is 54.1 Å². The molecule has 2 aromatic rings. The Bertz CT molecular complexity index is 2120. The van der Waals surface area contributed by atoms with Gasteiger partial charge in [0.25, 0.3) is 0 Å². The first kappa shape index (κ1) is 48.1. The van der Waals surface area contributed by atoms with Gasteiger partial charge >= 0.3 is 0 Å². The van der Waals surface area contributed by atoms with E-state index in [4.69, 9.17) is 5.73 Å². The van der Waals surface area contributed by atoms with Gasteiger partial charge in [-0.3, -0.25) is 43.2 Å². The van der Waals surface area contributed by atoms with E-state index < -0.39 is 146 Å². The quantitative estimate of drug-likeness (QED) is 0.0911. The average molecular weight is 904 g/mol. The molecular weight excluding hydrogens is 849 g/mol. The zero-order chi connectivity index (χ0) is 46.3. The molecule has 3 aliphatic heterocycles. The van der Waals surface area contributed by atoms with Crippen LogP contribution in [0.2, 0.25) is 0 Å². The van der Waals surface area contributed by atoms with Crippen molar-refractivity contribution in [3.05, 3.63) is 23.8 Å². The number of benzene rings is 1. The van der Waals surface area contributed by atoms with Gasteiger partial charge in [0.15, 0.2) is 6.04 Å². The second-order valence-electron chi connectivity index (χ2n) is 16.0. The maximum atomic E-state index is 14.4. The Balaban J connectivity index is 1.70. The monoisotopic (exact) mass is 903 g/mol. The maximum absolute atomic E-state index is 14.4. The number of nitrogens with two attached hydrogens (primary N) is 1. The van der Waals surface area contributed by atoms with E-state index in [1.165, 1.54) is 25.1 Å². The van der Waals surface area contributed by atoms with Crippen molar-refractivity contribution in [2.24, 2.45) is 17.6 Å². The summed E-state index contributed by atoms with van der Waals surface area (Å²) >= 11 is 0.263. The van der Waals surface area contributed by atoms with E-state index in [-0.39, 0.29) is 36.1 Å². The van der Waals surface area contributed by atoms with Crippen LogP contribution in [-0.4, -0.2) is 164 Å². The summed E-state index contributed by atoms with van der Waals surface area (Å²) in [6, 6.07) is -4.93. The van der Waals surface area contributed by atoms with Crippen LogP contribution in [0.5, 0.6) is 5.75 Å². The zero-order valence-electron chi connectivity index (χ0n) is 34.8. The molecular formula is C39H55N10O13S+. The smallest absolute Gasteiger partial charge is 0.248 e. The van der Waals surface area contributed by atoms with Crippen molar-refractivity contribution < 1.29 is 63.6 Å². The van der Waals surface area contributed by atoms with Crippen LogP contribution in [0.15, 0.2) is 23.2 Å². The molecule has 4 heterocycles. The predicted octanol–water partition coefficient (Wildman–Crippen LogP) is -5.85. The largest absolute Gasteiger partial charge is 0.508 e. The molecule has 3 aliphatic rings. The number of H-pyrrole nitrogens is 1. The molecule has 2 unspecified atom stereocenters. The third-order valence-corrected chi connectivity index (χ3v) is 12.7. The van der Waals surface area contributed by atoms with Crippen molar-refractivity contribution >= 4 is 75.8 Å². The molecule has 63 heavy (non-hydrogen) atoms. The van der Waals surface area contributed by atoms with Gasteiger partial charge in [0.05, 0.1) is 43.8 Å². The number of amides is 9. The van der Waals surface area contributed by atoms with Crippen LogP contribution in [-0.2, 0) is 61.3 Å². The van der Waals surface area contributed by atoms with Crippen molar-refractivity contribution in [2.75, 3.05) is 32.0 Å². The number of fused-ring (bicyclic) bond motifs is 5. The molecule has 0 aliphatic carbocycles. The Labute approximate surface area is 364 Å². The molecule has 14 N–H and O–H groups in total. The molecule has 1 aromatic carbocycles. The van der Waals surface area contributed by atoms with Crippen LogP contribution < -0.4 is 43.0 Å². The molecule has 5 rings (SSSR count). The molecule has 1 saturated heterocycles. The van der Waals surface area contributed by atoms with Gasteiger partial charge in [-0.1, -0.05) is 27.2 Å². The highest BCUT2D eigenvalue weighted by atomic mass is 32.2. The van der Waals surface area contributed by atoms with Crippen molar-refractivity contribution in [3.8, 4) is 5.75 Å². The Hall–Kier alpha value is -5.98. The normalized spacial score (nSPS) is 27.6. The number of primary amides is 1. The van der Waals surface area contributed by atoms with E-state index in [0.717, 1.165) is 4.90 Å². The van der Waals surface area contributed by atoms with Crippen LogP contribution in [0.1, 0.15) is 45.6 Å². The van der Waals surface area contributed by atoms with Gasteiger partial charge in [0.2, 0.25) is 58.2 Å². The summed E-state index contributed by atoms with van der Waals surface area (Å²) in [5, 5.41) is 60.0. The number of phenolic OH excluding ortho intramolecular Hbond substituents is 1. The molecule has 0 radical (unpaired) electrons. The Morgan fingerprint density at radius 2 is 1.56 bits per heavy atom. The third-order valence-electron chi connectivity index (χ3n) is 11.4. The van der Waals surface area contributed by atoms with Crippen LogP contribution in [0, 0.1) is 11.8 Å². The molecule has 0 spiro atoms. The van der Waals surface area contributed by atoms with Crippen LogP contribution in [0.3, 0.4) is 0 Å². The van der Waals surface area contributed by atoms with Crippen molar-refractivity contribution in [3.63, 3.8) is 0 Å². The van der Waals surface area contributed by atoms with Gasteiger partial charge in [-0.05, 0) is 18.1 Å². The first-order chi connectivity index (χ1) is 29.8.